The van der Waals surface area contributed by atoms with Gasteiger partial charge >= 0.3 is 12.3 Å². The number of nitrogens with one attached hydrogen (secondary N) is 2. The lowest BCUT2D eigenvalue weighted by Gasteiger charge is -2.16. The Morgan fingerprint density at radius 2 is 2.12 bits per heavy atom. The number of hydrogen-bond donors (Lipinski definition) is 2. The maximum atomic E-state index is 12.6. The summed E-state index contributed by atoms with van der Waals surface area (Å²) in [6.07, 6.45) is -2.58. The molecule has 1 aromatic rings. The lowest BCUT2D eigenvalue weighted by Crippen LogP contribution is -2.35. The molecule has 0 spiro atoms. The molecule has 0 atom stereocenters. The molecule has 0 aromatic carbocycles. The summed E-state index contributed by atoms with van der Waals surface area (Å²) in [5, 5.41) is 4.58. The van der Waals surface area contributed by atoms with Gasteiger partial charge in [-0.05, 0) is 0 Å². The van der Waals surface area contributed by atoms with Crippen LogP contribution in [0.5, 0.6) is 0 Å². The van der Waals surface area contributed by atoms with Crippen molar-refractivity contribution in [3.05, 3.63) is 11.2 Å². The van der Waals surface area contributed by atoms with Gasteiger partial charge in [-0.1, -0.05) is 11.6 Å². The van der Waals surface area contributed by atoms with Gasteiger partial charge in [-0.15, -0.1) is 0 Å². The first-order valence-electron chi connectivity index (χ1n) is 4.47. The van der Waals surface area contributed by atoms with Gasteiger partial charge in [0.2, 0.25) is 5.95 Å². The van der Waals surface area contributed by atoms with E-state index in [2.05, 4.69) is 20.6 Å². The van der Waals surface area contributed by atoms with Crippen molar-refractivity contribution in [2.75, 3.05) is 24.2 Å². The summed E-state index contributed by atoms with van der Waals surface area (Å²) in [7, 11) is 1.51. The summed E-state index contributed by atoms with van der Waals surface area (Å²) in [5.74, 6) is -4.14. The second-order valence-electron chi connectivity index (χ2n) is 3.06. The number of hydrogen-bond acceptors (Lipinski definition) is 4. The van der Waals surface area contributed by atoms with Crippen LogP contribution in [0.4, 0.5) is 29.3 Å². The fourth-order valence-electron chi connectivity index (χ4n) is 0.890. The van der Waals surface area contributed by atoms with E-state index in [4.69, 9.17) is 11.6 Å². The Balaban J connectivity index is 2.75. The van der Waals surface area contributed by atoms with Gasteiger partial charge in [-0.3, -0.25) is 0 Å². The fourth-order valence-corrected chi connectivity index (χ4v) is 1.05. The van der Waals surface area contributed by atoms with Crippen LogP contribution in [0.25, 0.3) is 0 Å². The van der Waals surface area contributed by atoms with Crippen LogP contribution in [0.3, 0.4) is 0 Å². The van der Waals surface area contributed by atoms with Crippen molar-refractivity contribution in [1.29, 1.82) is 0 Å². The molecule has 0 amide bonds. The molecule has 0 saturated heterocycles. The first-order chi connectivity index (χ1) is 7.86. The van der Waals surface area contributed by atoms with Crippen LogP contribution in [0.15, 0.2) is 6.20 Å². The third-order valence-corrected chi connectivity index (χ3v) is 2.06. The van der Waals surface area contributed by atoms with E-state index < -0.39 is 18.9 Å². The van der Waals surface area contributed by atoms with E-state index in [1.165, 1.54) is 13.2 Å². The minimum Gasteiger partial charge on any atom is -0.362 e. The minimum absolute atomic E-state index is 0.0333. The van der Waals surface area contributed by atoms with Gasteiger partial charge in [0.15, 0.2) is 5.82 Å². The molecule has 2 N–H and O–H groups in total. The summed E-state index contributed by atoms with van der Waals surface area (Å²) in [6.45, 7) is -1.26. The zero-order chi connectivity index (χ0) is 13.1. The molecular weight excluding hydrogens is 264 g/mol. The summed E-state index contributed by atoms with van der Waals surface area (Å²) in [4.78, 5) is 7.42. The molecule has 0 saturated carbocycles. The molecule has 1 rings (SSSR count). The summed E-state index contributed by atoms with van der Waals surface area (Å²) in [5.41, 5.74) is 0. The predicted octanol–water partition coefficient (Wildman–Crippen LogP) is 2.48. The van der Waals surface area contributed by atoms with Crippen LogP contribution in [-0.2, 0) is 0 Å². The van der Waals surface area contributed by atoms with Crippen molar-refractivity contribution in [1.82, 2.24) is 9.97 Å². The van der Waals surface area contributed by atoms with E-state index >= 15 is 0 Å². The lowest BCUT2D eigenvalue weighted by atomic mass is 10.3. The van der Waals surface area contributed by atoms with E-state index in [9.17, 15) is 17.6 Å². The van der Waals surface area contributed by atoms with Crippen molar-refractivity contribution >= 4 is 23.4 Å². The Labute approximate surface area is 99.4 Å². The average molecular weight is 273 g/mol. The smallest absolute Gasteiger partial charge is 0.324 e. The number of rotatable bonds is 5. The van der Waals surface area contributed by atoms with Crippen molar-refractivity contribution < 1.29 is 17.6 Å². The van der Waals surface area contributed by atoms with Crippen LogP contribution >= 0.6 is 11.6 Å². The molecule has 96 valence electrons. The van der Waals surface area contributed by atoms with Gasteiger partial charge < -0.3 is 10.6 Å². The molecule has 1 aromatic heterocycles. The molecule has 9 heteroatoms. The van der Waals surface area contributed by atoms with Crippen LogP contribution in [0.2, 0.25) is 5.02 Å². The Morgan fingerprint density at radius 1 is 1.47 bits per heavy atom. The van der Waals surface area contributed by atoms with Crippen molar-refractivity contribution in [3.63, 3.8) is 0 Å². The standard InChI is InChI=1S/C8H9ClF4N4/c1-14-7-15-2-4(9)5(17-7)16-3-8(12,13)6(10)11/h2,6H,3H2,1H3,(H2,14,15,16,17). The van der Waals surface area contributed by atoms with E-state index in [0.29, 0.717) is 0 Å². The lowest BCUT2D eigenvalue weighted by molar-refractivity contribution is -0.117. The SMILES string of the molecule is CNc1ncc(Cl)c(NCC(F)(F)C(F)F)n1. The highest BCUT2D eigenvalue weighted by Gasteiger charge is 2.40. The van der Waals surface area contributed by atoms with Crippen LogP contribution < -0.4 is 10.6 Å². The normalized spacial score (nSPS) is 11.7. The zero-order valence-corrected chi connectivity index (χ0v) is 9.40. The van der Waals surface area contributed by atoms with Crippen LogP contribution in [-0.4, -0.2) is 35.9 Å². The summed E-state index contributed by atoms with van der Waals surface area (Å²) in [6, 6.07) is 0. The number of anilines is 2. The number of alkyl halides is 4. The molecule has 0 unspecified atom stereocenters. The summed E-state index contributed by atoms with van der Waals surface area (Å²) < 4.78 is 49.0. The van der Waals surface area contributed by atoms with E-state index in [-0.39, 0.29) is 16.8 Å². The van der Waals surface area contributed by atoms with Gasteiger partial charge in [0, 0.05) is 7.05 Å². The highest BCUT2D eigenvalue weighted by Crippen LogP contribution is 2.25. The quantitative estimate of drug-likeness (QED) is 0.809. The second-order valence-corrected chi connectivity index (χ2v) is 3.46. The molecular formula is C8H9ClF4N4. The van der Waals surface area contributed by atoms with Crippen molar-refractivity contribution in [2.24, 2.45) is 0 Å². The molecule has 17 heavy (non-hydrogen) atoms. The highest BCUT2D eigenvalue weighted by molar-refractivity contribution is 6.32. The first-order valence-corrected chi connectivity index (χ1v) is 4.84. The molecule has 1 heterocycles. The number of aromatic nitrogens is 2. The minimum atomic E-state index is -4.14. The van der Waals surface area contributed by atoms with Crippen LogP contribution in [0, 0.1) is 0 Å². The molecule has 0 radical (unpaired) electrons. The molecule has 0 aliphatic carbocycles. The number of nitrogens with zero attached hydrogens (tertiary/aromatic N) is 2. The van der Waals surface area contributed by atoms with Gasteiger partial charge in [-0.2, -0.15) is 13.8 Å². The van der Waals surface area contributed by atoms with Crippen LogP contribution in [0.1, 0.15) is 0 Å². The Kier molecular flexibility index (Phi) is 4.33. The maximum Gasteiger partial charge on any atom is 0.324 e. The largest absolute Gasteiger partial charge is 0.362 e. The van der Waals surface area contributed by atoms with Gasteiger partial charge in [0.1, 0.15) is 5.02 Å². The van der Waals surface area contributed by atoms with Crippen molar-refractivity contribution in [2.45, 2.75) is 12.3 Å². The topological polar surface area (TPSA) is 49.8 Å². The number of halogens is 5. The highest BCUT2D eigenvalue weighted by atomic mass is 35.5. The van der Waals surface area contributed by atoms with E-state index in [1.54, 1.807) is 0 Å². The Morgan fingerprint density at radius 3 is 2.65 bits per heavy atom. The fraction of sp³-hybridized carbons (Fsp3) is 0.500. The zero-order valence-electron chi connectivity index (χ0n) is 8.65. The van der Waals surface area contributed by atoms with E-state index in [1.807, 2.05) is 0 Å². The van der Waals surface area contributed by atoms with Crippen molar-refractivity contribution in [3.8, 4) is 0 Å². The molecule has 0 aliphatic heterocycles. The van der Waals surface area contributed by atoms with Gasteiger partial charge in [-0.25, -0.2) is 13.8 Å². The predicted molar refractivity (Wildman–Crippen MR) is 56.0 cm³/mol. The molecule has 4 nitrogen and oxygen atoms in total. The molecule has 0 aliphatic rings. The first kappa shape index (κ1) is 13.8. The van der Waals surface area contributed by atoms with Gasteiger partial charge in [0.25, 0.3) is 0 Å². The summed E-state index contributed by atoms with van der Waals surface area (Å²) >= 11 is 5.61. The van der Waals surface area contributed by atoms with E-state index in [0.717, 1.165) is 0 Å². The Hall–Kier alpha value is -1.31. The molecule has 0 fully saturated rings. The molecule has 0 bridgehead atoms. The average Bonchev–Trinajstić information content (AvgIpc) is 2.28. The second kappa shape index (κ2) is 5.35. The monoisotopic (exact) mass is 272 g/mol. The maximum absolute atomic E-state index is 12.6. The third kappa shape index (κ3) is 3.58. The Bertz CT molecular complexity index is 388. The van der Waals surface area contributed by atoms with Gasteiger partial charge in [0.05, 0.1) is 12.7 Å². The third-order valence-electron chi connectivity index (χ3n) is 1.78.